The molecule has 2 aliphatic heterocycles. The summed E-state index contributed by atoms with van der Waals surface area (Å²) in [6.45, 7) is 2.62. The van der Waals surface area contributed by atoms with Gasteiger partial charge in [-0.2, -0.15) is 0 Å². The van der Waals surface area contributed by atoms with Gasteiger partial charge in [-0.25, -0.2) is 0 Å². The van der Waals surface area contributed by atoms with Crippen molar-refractivity contribution in [3.05, 3.63) is 53.1 Å². The molecule has 1 saturated heterocycles. The molecular formula is C22H27Cl2NO4. The van der Waals surface area contributed by atoms with E-state index in [2.05, 4.69) is 4.90 Å². The number of likely N-dealkylation sites (tertiary alicyclic amines) is 1. The Morgan fingerprint density at radius 3 is 2.62 bits per heavy atom. The number of para-hydroxylation sites is 2. The van der Waals surface area contributed by atoms with Gasteiger partial charge >= 0.3 is 0 Å². The Morgan fingerprint density at radius 1 is 1.17 bits per heavy atom. The SMILES string of the molecule is COc1ccccc1OC[C@H](O)CN1CCC2(CC1)Cc1cc(Cl)ccc1O2.Cl. The minimum atomic E-state index is -0.556. The van der Waals surface area contributed by atoms with E-state index in [1.165, 1.54) is 5.56 Å². The van der Waals surface area contributed by atoms with Gasteiger partial charge in [-0.15, -0.1) is 12.4 Å². The van der Waals surface area contributed by atoms with Crippen LogP contribution in [0.5, 0.6) is 17.2 Å². The fourth-order valence-electron chi connectivity index (χ4n) is 4.10. The van der Waals surface area contributed by atoms with E-state index in [1.54, 1.807) is 7.11 Å². The average molecular weight is 440 g/mol. The number of aliphatic hydroxyl groups excluding tert-OH is 1. The van der Waals surface area contributed by atoms with Crippen LogP contribution in [0.4, 0.5) is 0 Å². The molecule has 0 unspecified atom stereocenters. The lowest BCUT2D eigenvalue weighted by atomic mass is 9.87. The second kappa shape index (κ2) is 9.43. The predicted octanol–water partition coefficient (Wildman–Crippen LogP) is 3.98. The number of hydrogen-bond donors (Lipinski definition) is 1. The Bertz CT molecular complexity index is 824. The van der Waals surface area contributed by atoms with Crippen LogP contribution in [0.15, 0.2) is 42.5 Å². The zero-order valence-electron chi connectivity index (χ0n) is 16.5. The Kier molecular flexibility index (Phi) is 7.17. The Labute approximate surface area is 182 Å². The number of nitrogens with zero attached hydrogens (tertiary/aromatic N) is 1. The number of hydrogen-bond acceptors (Lipinski definition) is 5. The van der Waals surface area contributed by atoms with Crippen LogP contribution in [0.1, 0.15) is 18.4 Å². The zero-order chi connectivity index (χ0) is 19.6. The number of benzene rings is 2. The Balaban J connectivity index is 0.00000240. The lowest BCUT2D eigenvalue weighted by molar-refractivity contribution is -0.00210. The summed E-state index contributed by atoms with van der Waals surface area (Å²) < 4.78 is 17.3. The van der Waals surface area contributed by atoms with Gasteiger partial charge in [-0.05, 0) is 35.9 Å². The van der Waals surface area contributed by atoms with Crippen molar-refractivity contribution in [1.82, 2.24) is 4.90 Å². The molecule has 1 N–H and O–H groups in total. The van der Waals surface area contributed by atoms with E-state index in [0.29, 0.717) is 18.0 Å². The van der Waals surface area contributed by atoms with Crippen LogP contribution in [0, 0.1) is 0 Å². The largest absolute Gasteiger partial charge is 0.493 e. The molecule has 7 heteroatoms. The van der Waals surface area contributed by atoms with Crippen molar-refractivity contribution in [2.75, 3.05) is 33.4 Å². The number of piperidine rings is 1. The van der Waals surface area contributed by atoms with Crippen LogP contribution in [0.25, 0.3) is 0 Å². The Morgan fingerprint density at radius 2 is 1.90 bits per heavy atom. The van der Waals surface area contributed by atoms with Crippen molar-refractivity contribution in [3.8, 4) is 17.2 Å². The van der Waals surface area contributed by atoms with Gasteiger partial charge in [0.05, 0.1) is 7.11 Å². The monoisotopic (exact) mass is 439 g/mol. The maximum atomic E-state index is 10.4. The van der Waals surface area contributed by atoms with E-state index in [1.807, 2.05) is 42.5 Å². The smallest absolute Gasteiger partial charge is 0.161 e. The lowest BCUT2D eigenvalue weighted by Gasteiger charge is -2.39. The van der Waals surface area contributed by atoms with E-state index in [9.17, 15) is 5.11 Å². The van der Waals surface area contributed by atoms with E-state index in [4.69, 9.17) is 25.8 Å². The van der Waals surface area contributed by atoms with E-state index in [0.717, 1.165) is 43.1 Å². The standard InChI is InChI=1S/C22H26ClNO4.ClH/c1-26-20-4-2-3-5-21(20)27-15-18(25)14-24-10-8-22(9-11-24)13-16-12-17(23)6-7-19(16)28-22;/h2-7,12,18,25H,8-11,13-15H2,1H3;1H/t18-;/m1./s1. The maximum absolute atomic E-state index is 10.4. The highest BCUT2D eigenvalue weighted by molar-refractivity contribution is 6.30. The summed E-state index contributed by atoms with van der Waals surface area (Å²) in [6, 6.07) is 13.3. The van der Waals surface area contributed by atoms with Gasteiger partial charge in [0.2, 0.25) is 0 Å². The van der Waals surface area contributed by atoms with Crippen LogP contribution in [-0.2, 0) is 6.42 Å². The quantitative estimate of drug-likeness (QED) is 0.737. The van der Waals surface area contributed by atoms with Crippen LogP contribution < -0.4 is 14.2 Å². The number of methoxy groups -OCH3 is 1. The molecule has 2 aromatic rings. The number of rotatable bonds is 6. The van der Waals surface area contributed by atoms with Crippen molar-refractivity contribution < 1.29 is 19.3 Å². The number of β-amino-alcohol motifs (C(OH)–C–C–N with tert-alkyl or cyclic N) is 1. The first-order valence-corrected chi connectivity index (χ1v) is 10.1. The highest BCUT2D eigenvalue weighted by Crippen LogP contribution is 2.41. The summed E-state index contributed by atoms with van der Waals surface area (Å²) in [5.74, 6) is 2.29. The predicted molar refractivity (Wildman–Crippen MR) is 116 cm³/mol. The van der Waals surface area contributed by atoms with E-state index >= 15 is 0 Å². The minimum absolute atomic E-state index is 0. The average Bonchev–Trinajstić information content (AvgIpc) is 3.05. The second-order valence-electron chi connectivity index (χ2n) is 7.63. The Hall–Kier alpha value is -1.66. The molecule has 2 aliphatic rings. The number of aliphatic hydroxyl groups is 1. The fraction of sp³-hybridized carbons (Fsp3) is 0.455. The lowest BCUT2D eigenvalue weighted by Crippen LogP contribution is -2.49. The molecule has 1 atom stereocenters. The summed E-state index contributed by atoms with van der Waals surface area (Å²) in [4.78, 5) is 2.28. The van der Waals surface area contributed by atoms with Crippen molar-refractivity contribution in [2.24, 2.45) is 0 Å². The van der Waals surface area contributed by atoms with Crippen LogP contribution in [0.2, 0.25) is 5.02 Å². The van der Waals surface area contributed by atoms with Crippen molar-refractivity contribution in [2.45, 2.75) is 31.0 Å². The summed E-state index contributed by atoms with van der Waals surface area (Å²) >= 11 is 6.11. The molecule has 2 heterocycles. The van der Waals surface area contributed by atoms with E-state index in [-0.39, 0.29) is 24.6 Å². The van der Waals surface area contributed by atoms with Gasteiger partial charge in [0.1, 0.15) is 24.1 Å². The van der Waals surface area contributed by atoms with Gasteiger partial charge in [-0.1, -0.05) is 23.7 Å². The van der Waals surface area contributed by atoms with Crippen LogP contribution in [0.3, 0.4) is 0 Å². The first kappa shape index (κ1) is 22.0. The van der Waals surface area contributed by atoms with Crippen LogP contribution >= 0.6 is 24.0 Å². The number of halogens is 2. The third kappa shape index (κ3) is 5.10. The summed E-state index contributed by atoms with van der Waals surface area (Å²) in [7, 11) is 1.61. The van der Waals surface area contributed by atoms with Crippen LogP contribution in [-0.4, -0.2) is 55.1 Å². The summed E-state index contributed by atoms with van der Waals surface area (Å²) in [5, 5.41) is 11.2. The normalized spacial score (nSPS) is 18.4. The van der Waals surface area contributed by atoms with Gasteiger partial charge in [0, 0.05) is 43.9 Å². The molecule has 158 valence electrons. The first-order chi connectivity index (χ1) is 13.6. The van der Waals surface area contributed by atoms with Gasteiger partial charge < -0.3 is 24.2 Å². The third-order valence-corrected chi connectivity index (χ3v) is 5.83. The first-order valence-electron chi connectivity index (χ1n) is 9.71. The summed E-state index contributed by atoms with van der Waals surface area (Å²) in [6.07, 6.45) is 2.24. The molecule has 0 saturated carbocycles. The molecule has 0 aliphatic carbocycles. The molecule has 0 bridgehead atoms. The summed E-state index contributed by atoms with van der Waals surface area (Å²) in [5.41, 5.74) is 1.08. The van der Waals surface area contributed by atoms with Crippen molar-refractivity contribution >= 4 is 24.0 Å². The highest BCUT2D eigenvalue weighted by atomic mass is 35.5. The number of ether oxygens (including phenoxy) is 3. The molecule has 0 radical (unpaired) electrons. The fourth-order valence-corrected chi connectivity index (χ4v) is 4.29. The molecule has 4 rings (SSSR count). The van der Waals surface area contributed by atoms with Gasteiger partial charge in [0.15, 0.2) is 11.5 Å². The third-order valence-electron chi connectivity index (χ3n) is 5.60. The van der Waals surface area contributed by atoms with Crippen molar-refractivity contribution in [1.29, 1.82) is 0 Å². The number of fused-ring (bicyclic) bond motifs is 1. The molecule has 1 fully saturated rings. The highest BCUT2D eigenvalue weighted by Gasteiger charge is 2.42. The molecular weight excluding hydrogens is 413 g/mol. The molecule has 0 aromatic heterocycles. The molecule has 29 heavy (non-hydrogen) atoms. The second-order valence-corrected chi connectivity index (χ2v) is 8.07. The molecule has 1 spiro atoms. The topological polar surface area (TPSA) is 51.2 Å². The molecule has 2 aromatic carbocycles. The van der Waals surface area contributed by atoms with Gasteiger partial charge in [0.25, 0.3) is 0 Å². The maximum Gasteiger partial charge on any atom is 0.161 e. The van der Waals surface area contributed by atoms with E-state index < -0.39 is 6.10 Å². The van der Waals surface area contributed by atoms with Gasteiger partial charge in [-0.3, -0.25) is 0 Å². The molecule has 5 nitrogen and oxygen atoms in total. The van der Waals surface area contributed by atoms with Crippen molar-refractivity contribution in [3.63, 3.8) is 0 Å². The minimum Gasteiger partial charge on any atom is -0.493 e. The zero-order valence-corrected chi connectivity index (χ0v) is 18.0. The molecule has 0 amide bonds.